The molecule has 0 unspecified atom stereocenters. The molecule has 0 spiro atoms. The van der Waals surface area contributed by atoms with E-state index in [2.05, 4.69) is 4.98 Å². The molecule has 1 aromatic carbocycles. The lowest BCUT2D eigenvalue weighted by molar-refractivity contribution is 0.708. The van der Waals surface area contributed by atoms with E-state index in [0.29, 0.717) is 29.2 Å². The molecular formula is C13H14ClN3O2. The van der Waals surface area contributed by atoms with Crippen LogP contribution in [0.4, 0.5) is 5.69 Å². The van der Waals surface area contributed by atoms with E-state index in [-0.39, 0.29) is 5.56 Å². The Morgan fingerprint density at radius 2 is 2.05 bits per heavy atom. The van der Waals surface area contributed by atoms with Crippen molar-refractivity contribution in [3.63, 3.8) is 0 Å². The van der Waals surface area contributed by atoms with E-state index in [9.17, 15) is 9.59 Å². The van der Waals surface area contributed by atoms with Gasteiger partial charge in [-0.2, -0.15) is 0 Å². The summed E-state index contributed by atoms with van der Waals surface area (Å²) in [6.07, 6.45) is 2.12. The molecule has 0 aliphatic rings. The van der Waals surface area contributed by atoms with Crippen LogP contribution in [0.15, 0.2) is 34.0 Å². The predicted molar refractivity (Wildman–Crippen MR) is 75.7 cm³/mol. The number of hydrogen-bond acceptors (Lipinski definition) is 3. The molecule has 0 fully saturated rings. The third kappa shape index (κ3) is 2.88. The average molecular weight is 280 g/mol. The molecular weight excluding hydrogens is 266 g/mol. The molecule has 0 amide bonds. The number of halogens is 1. The van der Waals surface area contributed by atoms with Gasteiger partial charge in [0, 0.05) is 22.5 Å². The summed E-state index contributed by atoms with van der Waals surface area (Å²) in [6.45, 7) is 2.15. The summed E-state index contributed by atoms with van der Waals surface area (Å²) in [6, 6.07) is 5.12. The Hall–Kier alpha value is -2.01. The van der Waals surface area contributed by atoms with E-state index in [4.69, 9.17) is 17.3 Å². The monoisotopic (exact) mass is 279 g/mol. The number of aryl methyl sites for hydroxylation is 1. The van der Waals surface area contributed by atoms with Crippen LogP contribution in [0.25, 0.3) is 0 Å². The quantitative estimate of drug-likeness (QED) is 0.833. The lowest BCUT2D eigenvalue weighted by atomic mass is 10.2. The van der Waals surface area contributed by atoms with Gasteiger partial charge in [0.25, 0.3) is 5.56 Å². The third-order valence-corrected chi connectivity index (χ3v) is 3.24. The second-order valence-corrected chi connectivity index (χ2v) is 4.65. The number of aromatic nitrogens is 2. The highest BCUT2D eigenvalue weighted by Gasteiger charge is 2.06. The van der Waals surface area contributed by atoms with Crippen molar-refractivity contribution in [3.05, 3.63) is 61.4 Å². The molecule has 1 heterocycles. The second kappa shape index (κ2) is 5.32. The number of hydrogen-bond donors (Lipinski definition) is 2. The summed E-state index contributed by atoms with van der Waals surface area (Å²) in [5.41, 5.74) is 6.72. The number of rotatable bonds is 3. The summed E-state index contributed by atoms with van der Waals surface area (Å²) in [5, 5.41) is 0.496. The SMILES string of the molecule is CCc1cn(Cc2ccc(N)cc2Cl)c(=O)[nH]c1=O. The van der Waals surface area contributed by atoms with Crippen LogP contribution in [0.3, 0.4) is 0 Å². The highest BCUT2D eigenvalue weighted by Crippen LogP contribution is 2.19. The van der Waals surface area contributed by atoms with Crippen molar-refractivity contribution in [2.45, 2.75) is 19.9 Å². The number of benzene rings is 1. The number of nitrogens with one attached hydrogen (secondary N) is 1. The first-order valence-corrected chi connectivity index (χ1v) is 6.25. The summed E-state index contributed by atoms with van der Waals surface area (Å²) in [5.74, 6) is 0. The number of nitrogens with zero attached hydrogens (tertiary/aromatic N) is 1. The molecule has 1 aromatic heterocycles. The number of aromatic amines is 1. The van der Waals surface area contributed by atoms with Crippen molar-refractivity contribution < 1.29 is 0 Å². The van der Waals surface area contributed by atoms with Crippen molar-refractivity contribution in [1.82, 2.24) is 9.55 Å². The molecule has 0 bridgehead atoms. The van der Waals surface area contributed by atoms with Gasteiger partial charge in [-0.25, -0.2) is 4.79 Å². The van der Waals surface area contributed by atoms with Gasteiger partial charge >= 0.3 is 5.69 Å². The zero-order chi connectivity index (χ0) is 14.0. The maximum absolute atomic E-state index is 11.7. The van der Waals surface area contributed by atoms with E-state index >= 15 is 0 Å². The van der Waals surface area contributed by atoms with Crippen LogP contribution in [0, 0.1) is 0 Å². The molecule has 19 heavy (non-hydrogen) atoms. The second-order valence-electron chi connectivity index (χ2n) is 4.25. The van der Waals surface area contributed by atoms with E-state index in [1.54, 1.807) is 24.4 Å². The van der Waals surface area contributed by atoms with Gasteiger partial charge in [-0.05, 0) is 24.1 Å². The first-order valence-electron chi connectivity index (χ1n) is 5.87. The fourth-order valence-corrected chi connectivity index (χ4v) is 2.05. The average Bonchev–Trinajstić information content (AvgIpc) is 2.35. The Labute approximate surface area is 114 Å². The standard InChI is InChI=1S/C13H14ClN3O2/c1-2-8-6-17(13(19)16-12(8)18)7-9-3-4-10(15)5-11(9)14/h3-6H,2,7,15H2,1H3,(H,16,18,19). The highest BCUT2D eigenvalue weighted by molar-refractivity contribution is 6.31. The molecule has 3 N–H and O–H groups in total. The van der Waals surface area contributed by atoms with Gasteiger partial charge in [-0.1, -0.05) is 24.6 Å². The largest absolute Gasteiger partial charge is 0.399 e. The van der Waals surface area contributed by atoms with E-state index < -0.39 is 5.69 Å². The Balaban J connectivity index is 2.43. The maximum atomic E-state index is 11.7. The number of nitrogens with two attached hydrogens (primary N) is 1. The number of H-pyrrole nitrogens is 1. The van der Waals surface area contributed by atoms with Crippen molar-refractivity contribution >= 4 is 17.3 Å². The number of anilines is 1. The molecule has 2 aromatic rings. The van der Waals surface area contributed by atoms with Crippen LogP contribution in [0.5, 0.6) is 0 Å². The van der Waals surface area contributed by atoms with Gasteiger partial charge in [0.15, 0.2) is 0 Å². The lowest BCUT2D eigenvalue weighted by Crippen LogP contribution is -2.31. The van der Waals surface area contributed by atoms with Gasteiger partial charge in [0.1, 0.15) is 0 Å². The molecule has 5 nitrogen and oxygen atoms in total. The minimum absolute atomic E-state index is 0.293. The van der Waals surface area contributed by atoms with E-state index in [1.165, 1.54) is 4.57 Å². The molecule has 0 aliphatic heterocycles. The van der Waals surface area contributed by atoms with Gasteiger partial charge < -0.3 is 5.73 Å². The Morgan fingerprint density at radius 3 is 2.68 bits per heavy atom. The minimum Gasteiger partial charge on any atom is -0.399 e. The van der Waals surface area contributed by atoms with Crippen LogP contribution in [0.1, 0.15) is 18.1 Å². The molecule has 6 heteroatoms. The van der Waals surface area contributed by atoms with Crippen molar-refractivity contribution in [2.75, 3.05) is 5.73 Å². The first-order chi connectivity index (χ1) is 9.01. The van der Waals surface area contributed by atoms with Gasteiger partial charge in [-0.3, -0.25) is 14.3 Å². The molecule has 100 valence electrons. The van der Waals surface area contributed by atoms with Gasteiger partial charge in [0.2, 0.25) is 0 Å². The van der Waals surface area contributed by atoms with Crippen LogP contribution >= 0.6 is 11.6 Å². The van der Waals surface area contributed by atoms with Crippen molar-refractivity contribution in [1.29, 1.82) is 0 Å². The summed E-state index contributed by atoms with van der Waals surface area (Å²) in [4.78, 5) is 25.5. The molecule has 0 aliphatic carbocycles. The van der Waals surface area contributed by atoms with E-state index in [1.807, 2.05) is 6.92 Å². The Bertz CT molecular complexity index is 719. The van der Waals surface area contributed by atoms with Crippen LogP contribution in [0.2, 0.25) is 5.02 Å². The van der Waals surface area contributed by atoms with Crippen LogP contribution in [-0.2, 0) is 13.0 Å². The normalized spacial score (nSPS) is 10.6. The Kier molecular flexibility index (Phi) is 3.76. The topological polar surface area (TPSA) is 80.9 Å². The molecule has 0 radical (unpaired) electrons. The minimum atomic E-state index is -0.449. The van der Waals surface area contributed by atoms with E-state index in [0.717, 1.165) is 5.56 Å². The lowest BCUT2D eigenvalue weighted by Gasteiger charge is -2.09. The predicted octanol–water partition coefficient (Wildman–Crippen LogP) is 1.38. The van der Waals surface area contributed by atoms with Crippen LogP contribution < -0.4 is 17.0 Å². The van der Waals surface area contributed by atoms with Gasteiger partial charge in [0.05, 0.1) is 6.54 Å². The summed E-state index contributed by atoms with van der Waals surface area (Å²) in [7, 11) is 0. The molecule has 0 saturated carbocycles. The van der Waals surface area contributed by atoms with Crippen molar-refractivity contribution in [2.24, 2.45) is 0 Å². The summed E-state index contributed by atoms with van der Waals surface area (Å²) < 4.78 is 1.43. The highest BCUT2D eigenvalue weighted by atomic mass is 35.5. The first kappa shape index (κ1) is 13.4. The zero-order valence-electron chi connectivity index (χ0n) is 10.4. The van der Waals surface area contributed by atoms with Crippen molar-refractivity contribution in [3.8, 4) is 0 Å². The molecule has 0 atom stereocenters. The fraction of sp³-hybridized carbons (Fsp3) is 0.231. The fourth-order valence-electron chi connectivity index (χ4n) is 1.80. The number of nitrogen functional groups attached to an aromatic ring is 1. The third-order valence-electron chi connectivity index (χ3n) is 2.88. The van der Waals surface area contributed by atoms with Gasteiger partial charge in [-0.15, -0.1) is 0 Å². The maximum Gasteiger partial charge on any atom is 0.328 e. The smallest absolute Gasteiger partial charge is 0.328 e. The molecule has 0 saturated heterocycles. The Morgan fingerprint density at radius 1 is 1.32 bits per heavy atom. The summed E-state index contributed by atoms with van der Waals surface area (Å²) >= 11 is 6.07. The van der Waals surface area contributed by atoms with Crippen LogP contribution in [-0.4, -0.2) is 9.55 Å². The zero-order valence-corrected chi connectivity index (χ0v) is 11.2. The molecule has 2 rings (SSSR count).